The van der Waals surface area contributed by atoms with Crippen molar-refractivity contribution >= 4 is 11.6 Å². The predicted octanol–water partition coefficient (Wildman–Crippen LogP) is 4.20. The van der Waals surface area contributed by atoms with E-state index in [-0.39, 0.29) is 0 Å². The molecule has 2 heteroatoms. The maximum atomic E-state index is 5.52. The van der Waals surface area contributed by atoms with Crippen LogP contribution in [0.4, 0.5) is 0 Å². The SMILES string of the molecule is CCCCc1ccc(OC/C=C/CCl)cc1. The molecule has 0 bridgehead atoms. The molecule has 0 aliphatic rings. The van der Waals surface area contributed by atoms with Crippen molar-refractivity contribution in [1.82, 2.24) is 0 Å². The van der Waals surface area contributed by atoms with E-state index in [9.17, 15) is 0 Å². The lowest BCUT2D eigenvalue weighted by molar-refractivity contribution is 0.362. The lowest BCUT2D eigenvalue weighted by atomic mass is 10.1. The number of benzene rings is 1. The smallest absolute Gasteiger partial charge is 0.119 e. The monoisotopic (exact) mass is 238 g/mol. The normalized spacial score (nSPS) is 10.9. The first-order chi connectivity index (χ1) is 7.86. The van der Waals surface area contributed by atoms with E-state index in [0.29, 0.717) is 12.5 Å². The van der Waals surface area contributed by atoms with Gasteiger partial charge >= 0.3 is 0 Å². The summed E-state index contributed by atoms with van der Waals surface area (Å²) in [7, 11) is 0. The van der Waals surface area contributed by atoms with Crippen molar-refractivity contribution in [3.05, 3.63) is 42.0 Å². The fourth-order valence-corrected chi connectivity index (χ4v) is 1.53. The van der Waals surface area contributed by atoms with E-state index in [4.69, 9.17) is 16.3 Å². The van der Waals surface area contributed by atoms with Gasteiger partial charge < -0.3 is 4.74 Å². The van der Waals surface area contributed by atoms with Crippen LogP contribution in [0.15, 0.2) is 36.4 Å². The number of allylic oxidation sites excluding steroid dienone is 1. The Kier molecular flexibility index (Phi) is 6.75. The summed E-state index contributed by atoms with van der Waals surface area (Å²) in [5.41, 5.74) is 1.38. The molecule has 0 heterocycles. The first-order valence-corrected chi connectivity index (χ1v) is 6.33. The molecule has 0 unspecified atom stereocenters. The molecule has 0 aromatic heterocycles. The minimum Gasteiger partial charge on any atom is -0.490 e. The van der Waals surface area contributed by atoms with Crippen LogP contribution in [0.5, 0.6) is 5.75 Å². The van der Waals surface area contributed by atoms with Crippen LogP contribution in [0, 0.1) is 0 Å². The van der Waals surface area contributed by atoms with Gasteiger partial charge in [0.15, 0.2) is 0 Å². The number of rotatable bonds is 7. The number of hydrogen-bond donors (Lipinski definition) is 0. The maximum Gasteiger partial charge on any atom is 0.119 e. The second-order valence-electron chi connectivity index (χ2n) is 3.68. The predicted molar refractivity (Wildman–Crippen MR) is 70.4 cm³/mol. The first-order valence-electron chi connectivity index (χ1n) is 5.79. The zero-order valence-corrected chi connectivity index (χ0v) is 10.5. The van der Waals surface area contributed by atoms with Crippen molar-refractivity contribution in [2.45, 2.75) is 26.2 Å². The van der Waals surface area contributed by atoms with Gasteiger partial charge in [-0.1, -0.05) is 37.6 Å². The molecule has 0 spiro atoms. The molecule has 0 amide bonds. The minimum absolute atomic E-state index is 0.541. The molecule has 0 atom stereocenters. The summed E-state index contributed by atoms with van der Waals surface area (Å²) < 4.78 is 5.52. The van der Waals surface area contributed by atoms with Crippen LogP contribution in [0.25, 0.3) is 0 Å². The molecule has 0 radical (unpaired) electrons. The lowest BCUT2D eigenvalue weighted by Crippen LogP contribution is -1.93. The number of alkyl halides is 1. The number of unbranched alkanes of at least 4 members (excludes halogenated alkanes) is 1. The van der Waals surface area contributed by atoms with Gasteiger partial charge in [0.2, 0.25) is 0 Å². The van der Waals surface area contributed by atoms with Gasteiger partial charge in [-0.05, 0) is 30.5 Å². The van der Waals surface area contributed by atoms with E-state index in [1.807, 2.05) is 24.3 Å². The molecule has 1 aromatic carbocycles. The fraction of sp³-hybridized carbons (Fsp3) is 0.429. The Morgan fingerprint density at radius 2 is 1.94 bits per heavy atom. The Morgan fingerprint density at radius 3 is 2.56 bits per heavy atom. The molecule has 0 saturated heterocycles. The largest absolute Gasteiger partial charge is 0.490 e. The van der Waals surface area contributed by atoms with Crippen LogP contribution in [0.3, 0.4) is 0 Å². The highest BCUT2D eigenvalue weighted by Crippen LogP contribution is 2.13. The Labute approximate surface area is 103 Å². The molecule has 0 aliphatic heterocycles. The van der Waals surface area contributed by atoms with Crippen LogP contribution >= 0.6 is 11.6 Å². The Hall–Kier alpha value is -0.950. The average Bonchev–Trinajstić information content (AvgIpc) is 2.33. The summed E-state index contributed by atoms with van der Waals surface area (Å²) in [6, 6.07) is 8.32. The number of hydrogen-bond acceptors (Lipinski definition) is 1. The molecule has 88 valence electrons. The van der Waals surface area contributed by atoms with Crippen molar-refractivity contribution in [2.75, 3.05) is 12.5 Å². The van der Waals surface area contributed by atoms with Crippen LogP contribution in [-0.4, -0.2) is 12.5 Å². The summed E-state index contributed by atoms with van der Waals surface area (Å²) in [4.78, 5) is 0. The van der Waals surface area contributed by atoms with E-state index in [2.05, 4.69) is 19.1 Å². The standard InChI is InChI=1S/C14H19ClO/c1-2-3-6-13-7-9-14(10-8-13)16-12-5-4-11-15/h4-5,7-10H,2-3,6,11-12H2,1H3/b5-4+. The number of ether oxygens (including phenoxy) is 1. The number of aryl methyl sites for hydroxylation is 1. The average molecular weight is 239 g/mol. The van der Waals surface area contributed by atoms with Gasteiger partial charge in [-0.3, -0.25) is 0 Å². The van der Waals surface area contributed by atoms with E-state index >= 15 is 0 Å². The topological polar surface area (TPSA) is 9.23 Å². The second kappa shape index (κ2) is 8.23. The second-order valence-corrected chi connectivity index (χ2v) is 3.99. The molecule has 0 saturated carbocycles. The molecule has 16 heavy (non-hydrogen) atoms. The molecule has 0 fully saturated rings. The molecular weight excluding hydrogens is 220 g/mol. The Balaban J connectivity index is 2.36. The Bertz CT molecular complexity index is 303. The van der Waals surface area contributed by atoms with Crippen molar-refractivity contribution in [3.8, 4) is 5.75 Å². The van der Waals surface area contributed by atoms with E-state index in [1.54, 1.807) is 0 Å². The molecule has 0 N–H and O–H groups in total. The van der Waals surface area contributed by atoms with Gasteiger partial charge in [-0.2, -0.15) is 0 Å². The quantitative estimate of drug-likeness (QED) is 0.511. The van der Waals surface area contributed by atoms with Gasteiger partial charge in [-0.25, -0.2) is 0 Å². The fourth-order valence-electron chi connectivity index (χ4n) is 1.41. The van der Waals surface area contributed by atoms with E-state index < -0.39 is 0 Å². The summed E-state index contributed by atoms with van der Waals surface area (Å²) >= 11 is 5.51. The third-order valence-electron chi connectivity index (χ3n) is 2.34. The van der Waals surface area contributed by atoms with Crippen molar-refractivity contribution in [2.24, 2.45) is 0 Å². The van der Waals surface area contributed by atoms with Crippen molar-refractivity contribution in [1.29, 1.82) is 0 Å². The van der Waals surface area contributed by atoms with Gasteiger partial charge in [0, 0.05) is 5.88 Å². The minimum atomic E-state index is 0.541. The van der Waals surface area contributed by atoms with Crippen LogP contribution in [0.1, 0.15) is 25.3 Å². The van der Waals surface area contributed by atoms with Gasteiger partial charge in [-0.15, -0.1) is 11.6 Å². The zero-order valence-electron chi connectivity index (χ0n) is 9.79. The summed E-state index contributed by atoms with van der Waals surface area (Å²) in [5, 5.41) is 0. The lowest BCUT2D eigenvalue weighted by Gasteiger charge is -2.04. The number of halogens is 1. The highest BCUT2D eigenvalue weighted by molar-refractivity contribution is 6.18. The van der Waals surface area contributed by atoms with E-state index in [0.717, 1.165) is 12.2 Å². The highest BCUT2D eigenvalue weighted by Gasteiger charge is 1.94. The molecule has 0 aliphatic carbocycles. The molecule has 1 rings (SSSR count). The van der Waals surface area contributed by atoms with Gasteiger partial charge in [0.1, 0.15) is 12.4 Å². The third kappa shape index (κ3) is 5.22. The molecule has 1 aromatic rings. The van der Waals surface area contributed by atoms with Crippen LogP contribution in [0.2, 0.25) is 0 Å². The van der Waals surface area contributed by atoms with Gasteiger partial charge in [0.05, 0.1) is 0 Å². The summed E-state index contributed by atoms with van der Waals surface area (Å²) in [6.07, 6.45) is 7.46. The Morgan fingerprint density at radius 1 is 1.19 bits per heavy atom. The molecule has 1 nitrogen and oxygen atoms in total. The summed E-state index contributed by atoms with van der Waals surface area (Å²) in [5.74, 6) is 1.46. The van der Waals surface area contributed by atoms with Crippen LogP contribution < -0.4 is 4.74 Å². The first kappa shape index (κ1) is 13.1. The van der Waals surface area contributed by atoms with Gasteiger partial charge in [0.25, 0.3) is 0 Å². The maximum absolute atomic E-state index is 5.52. The highest BCUT2D eigenvalue weighted by atomic mass is 35.5. The van der Waals surface area contributed by atoms with E-state index in [1.165, 1.54) is 18.4 Å². The summed E-state index contributed by atoms with van der Waals surface area (Å²) in [6.45, 7) is 2.79. The van der Waals surface area contributed by atoms with Crippen molar-refractivity contribution < 1.29 is 4.74 Å². The molecular formula is C14H19ClO. The zero-order chi connectivity index (χ0) is 11.6. The third-order valence-corrected chi connectivity index (χ3v) is 2.52. The van der Waals surface area contributed by atoms with Crippen LogP contribution in [-0.2, 0) is 6.42 Å². The van der Waals surface area contributed by atoms with Crippen molar-refractivity contribution in [3.63, 3.8) is 0 Å².